The van der Waals surface area contributed by atoms with E-state index in [-0.39, 0.29) is 12.1 Å². The van der Waals surface area contributed by atoms with Crippen LogP contribution in [0.15, 0.2) is 24.3 Å². The summed E-state index contributed by atoms with van der Waals surface area (Å²) in [5.74, 6) is 0. The molecule has 0 bridgehead atoms. The molecule has 1 N–H and O–H groups in total. The number of alkyl halides is 3. The molecular formula is C17H24F3N3O. The zero-order chi connectivity index (χ0) is 17.7. The van der Waals surface area contributed by atoms with Gasteiger partial charge in [0.15, 0.2) is 0 Å². The van der Waals surface area contributed by atoms with E-state index in [1.165, 1.54) is 12.1 Å². The second-order valence-corrected chi connectivity index (χ2v) is 6.44. The van der Waals surface area contributed by atoms with Crippen LogP contribution in [0.3, 0.4) is 0 Å². The van der Waals surface area contributed by atoms with Gasteiger partial charge in [-0.25, -0.2) is 4.79 Å². The van der Waals surface area contributed by atoms with E-state index < -0.39 is 11.7 Å². The zero-order valence-corrected chi connectivity index (χ0v) is 14.1. The van der Waals surface area contributed by atoms with Gasteiger partial charge in [-0.1, -0.05) is 0 Å². The monoisotopic (exact) mass is 343 g/mol. The van der Waals surface area contributed by atoms with E-state index in [1.807, 2.05) is 19.0 Å². The van der Waals surface area contributed by atoms with Crippen LogP contribution in [-0.2, 0) is 6.18 Å². The molecule has 4 nitrogen and oxygen atoms in total. The molecule has 1 aromatic rings. The van der Waals surface area contributed by atoms with Gasteiger partial charge in [-0.15, -0.1) is 0 Å². The Morgan fingerprint density at radius 1 is 1.25 bits per heavy atom. The largest absolute Gasteiger partial charge is 0.416 e. The summed E-state index contributed by atoms with van der Waals surface area (Å²) < 4.78 is 37.7. The van der Waals surface area contributed by atoms with Crippen molar-refractivity contribution in [2.75, 3.05) is 32.5 Å². The molecule has 0 aliphatic carbocycles. The van der Waals surface area contributed by atoms with E-state index >= 15 is 0 Å². The molecule has 1 aromatic carbocycles. The van der Waals surface area contributed by atoms with Crippen LogP contribution in [0.1, 0.15) is 31.2 Å². The minimum absolute atomic E-state index is 0.176. The highest BCUT2D eigenvalue weighted by molar-refractivity contribution is 5.89. The van der Waals surface area contributed by atoms with Crippen molar-refractivity contribution in [2.24, 2.45) is 0 Å². The van der Waals surface area contributed by atoms with Gasteiger partial charge in [0, 0.05) is 18.3 Å². The van der Waals surface area contributed by atoms with Gasteiger partial charge in [0.25, 0.3) is 0 Å². The average Bonchev–Trinajstić information content (AvgIpc) is 2.52. The summed E-state index contributed by atoms with van der Waals surface area (Å²) in [5.41, 5.74) is -0.340. The number of carbonyl (C=O) groups is 1. The van der Waals surface area contributed by atoms with Gasteiger partial charge in [-0.3, -0.25) is 0 Å². The number of hydrogen-bond acceptors (Lipinski definition) is 2. The van der Waals surface area contributed by atoms with E-state index in [1.54, 1.807) is 0 Å². The van der Waals surface area contributed by atoms with Crippen LogP contribution in [0.4, 0.5) is 23.7 Å². The number of urea groups is 1. The number of nitrogens with one attached hydrogen (secondary N) is 1. The summed E-state index contributed by atoms with van der Waals surface area (Å²) in [7, 11) is 3.99. The number of likely N-dealkylation sites (tertiary alicyclic amines) is 1. The lowest BCUT2D eigenvalue weighted by Gasteiger charge is -2.36. The summed E-state index contributed by atoms with van der Waals surface area (Å²) >= 11 is 0. The Balaban J connectivity index is 1.99. The zero-order valence-electron chi connectivity index (χ0n) is 14.1. The van der Waals surface area contributed by atoms with Crippen molar-refractivity contribution in [3.63, 3.8) is 0 Å². The number of amides is 2. The third kappa shape index (κ3) is 5.12. The molecule has 1 fully saturated rings. The van der Waals surface area contributed by atoms with Crippen molar-refractivity contribution in [3.8, 4) is 0 Å². The minimum atomic E-state index is -4.37. The lowest BCUT2D eigenvalue weighted by atomic mass is 9.99. The molecule has 24 heavy (non-hydrogen) atoms. The minimum Gasteiger partial charge on any atom is -0.322 e. The third-order valence-electron chi connectivity index (χ3n) is 4.26. The Kier molecular flexibility index (Phi) is 6.10. The van der Waals surface area contributed by atoms with Crippen molar-refractivity contribution < 1.29 is 18.0 Å². The number of piperidine rings is 1. The maximum Gasteiger partial charge on any atom is 0.416 e. The molecule has 1 saturated heterocycles. The highest BCUT2D eigenvalue weighted by Crippen LogP contribution is 2.30. The molecule has 2 rings (SSSR count). The summed E-state index contributed by atoms with van der Waals surface area (Å²) in [6, 6.07) is 4.48. The molecule has 1 aliphatic rings. The second-order valence-electron chi connectivity index (χ2n) is 6.44. The van der Waals surface area contributed by atoms with Crippen LogP contribution >= 0.6 is 0 Å². The van der Waals surface area contributed by atoms with E-state index in [0.717, 1.165) is 44.4 Å². The van der Waals surface area contributed by atoms with Gasteiger partial charge in [-0.05, 0) is 70.6 Å². The fraction of sp³-hybridized carbons (Fsp3) is 0.588. The normalized spacial score (nSPS) is 18.8. The fourth-order valence-electron chi connectivity index (χ4n) is 2.91. The van der Waals surface area contributed by atoms with Gasteiger partial charge < -0.3 is 15.1 Å². The van der Waals surface area contributed by atoms with Gasteiger partial charge in [0.2, 0.25) is 0 Å². The van der Waals surface area contributed by atoms with E-state index in [9.17, 15) is 18.0 Å². The molecule has 7 heteroatoms. The Bertz CT molecular complexity index is 543. The highest BCUT2D eigenvalue weighted by atomic mass is 19.4. The Morgan fingerprint density at radius 3 is 2.50 bits per heavy atom. The van der Waals surface area contributed by atoms with Crippen LogP contribution in [-0.4, -0.2) is 49.1 Å². The number of anilines is 1. The first-order chi connectivity index (χ1) is 11.3. The Hall–Kier alpha value is -1.76. The van der Waals surface area contributed by atoms with Crippen LogP contribution < -0.4 is 5.32 Å². The summed E-state index contributed by atoms with van der Waals surface area (Å²) in [6.45, 7) is 1.58. The number of nitrogens with zero attached hydrogens (tertiary/aromatic N) is 2. The molecule has 1 atom stereocenters. The maximum absolute atomic E-state index is 12.6. The molecular weight excluding hydrogens is 319 g/mol. The van der Waals surface area contributed by atoms with Crippen LogP contribution in [0.5, 0.6) is 0 Å². The Labute approximate surface area is 140 Å². The standard InChI is InChI=1S/C17H24F3N3O/c1-22(2)12-10-15-5-3-4-11-23(15)16(24)21-14-8-6-13(7-9-14)17(18,19)20/h6-9,15H,3-5,10-12H2,1-2H3,(H,21,24). The van der Waals surface area contributed by atoms with Gasteiger partial charge >= 0.3 is 12.2 Å². The lowest BCUT2D eigenvalue weighted by molar-refractivity contribution is -0.137. The van der Waals surface area contributed by atoms with Crippen LogP contribution in [0.25, 0.3) is 0 Å². The van der Waals surface area contributed by atoms with Crippen molar-refractivity contribution in [2.45, 2.75) is 37.9 Å². The number of halogens is 3. The van der Waals surface area contributed by atoms with Gasteiger partial charge in [-0.2, -0.15) is 13.2 Å². The molecule has 0 radical (unpaired) electrons. The van der Waals surface area contributed by atoms with Crippen LogP contribution in [0.2, 0.25) is 0 Å². The maximum atomic E-state index is 12.6. The molecule has 0 saturated carbocycles. The summed E-state index contributed by atoms with van der Waals surface area (Å²) in [6.07, 6.45) is -0.449. The first-order valence-corrected chi connectivity index (χ1v) is 8.17. The molecule has 1 unspecified atom stereocenters. The van der Waals surface area contributed by atoms with Gasteiger partial charge in [0.05, 0.1) is 5.56 Å². The molecule has 134 valence electrons. The topological polar surface area (TPSA) is 35.6 Å². The molecule has 2 amide bonds. The first-order valence-electron chi connectivity index (χ1n) is 8.17. The van der Waals surface area contributed by atoms with Crippen molar-refractivity contribution in [3.05, 3.63) is 29.8 Å². The smallest absolute Gasteiger partial charge is 0.322 e. The van der Waals surface area contributed by atoms with E-state index in [4.69, 9.17) is 0 Å². The Morgan fingerprint density at radius 2 is 1.92 bits per heavy atom. The molecule has 0 spiro atoms. The molecule has 1 heterocycles. The third-order valence-corrected chi connectivity index (χ3v) is 4.26. The van der Waals surface area contributed by atoms with Crippen molar-refractivity contribution >= 4 is 11.7 Å². The highest BCUT2D eigenvalue weighted by Gasteiger charge is 2.30. The van der Waals surface area contributed by atoms with Gasteiger partial charge in [0.1, 0.15) is 0 Å². The summed E-state index contributed by atoms with van der Waals surface area (Å²) in [4.78, 5) is 16.4. The van der Waals surface area contributed by atoms with E-state index in [0.29, 0.717) is 12.2 Å². The predicted molar refractivity (Wildman–Crippen MR) is 88.0 cm³/mol. The number of hydrogen-bond donors (Lipinski definition) is 1. The predicted octanol–water partition coefficient (Wildman–Crippen LogP) is 4.04. The van der Waals surface area contributed by atoms with Crippen molar-refractivity contribution in [1.29, 1.82) is 0 Å². The second kappa shape index (κ2) is 7.88. The first kappa shape index (κ1) is 18.6. The fourth-order valence-corrected chi connectivity index (χ4v) is 2.91. The number of carbonyl (C=O) groups excluding carboxylic acids is 1. The van der Waals surface area contributed by atoms with E-state index in [2.05, 4.69) is 10.2 Å². The molecule has 0 aromatic heterocycles. The number of rotatable bonds is 4. The lowest BCUT2D eigenvalue weighted by Crippen LogP contribution is -2.46. The van der Waals surface area contributed by atoms with Crippen molar-refractivity contribution in [1.82, 2.24) is 9.80 Å². The summed E-state index contributed by atoms with van der Waals surface area (Å²) in [5, 5.41) is 2.71. The quantitative estimate of drug-likeness (QED) is 0.895. The van der Waals surface area contributed by atoms with Crippen LogP contribution in [0, 0.1) is 0 Å². The average molecular weight is 343 g/mol. The SMILES string of the molecule is CN(C)CCC1CCCCN1C(=O)Nc1ccc(C(F)(F)F)cc1. The number of benzene rings is 1. The molecule has 1 aliphatic heterocycles.